The van der Waals surface area contributed by atoms with E-state index in [4.69, 9.17) is 10.7 Å². The molecule has 3 aromatic rings. The van der Waals surface area contributed by atoms with Crippen molar-refractivity contribution in [1.29, 1.82) is 5.26 Å². The first-order valence-electron chi connectivity index (χ1n) is 10.5. The number of nitrogens with one attached hydrogen (secondary N) is 2. The number of hydrogen-bond acceptors (Lipinski definition) is 7. The Morgan fingerprint density at radius 2 is 2.00 bits per heavy atom. The van der Waals surface area contributed by atoms with E-state index in [1.165, 1.54) is 12.8 Å². The van der Waals surface area contributed by atoms with Gasteiger partial charge in [-0.15, -0.1) is 0 Å². The van der Waals surface area contributed by atoms with Gasteiger partial charge >= 0.3 is 0 Å². The zero-order valence-electron chi connectivity index (χ0n) is 16.8. The molecule has 1 aliphatic heterocycles. The minimum absolute atomic E-state index is 0.502. The van der Waals surface area contributed by atoms with Gasteiger partial charge in [-0.25, -0.2) is 4.98 Å². The Kier molecular flexibility index (Phi) is 4.85. The maximum atomic E-state index is 9.21. The molecule has 0 unspecified atom stereocenters. The third-order valence-electron chi connectivity index (χ3n) is 5.80. The fraction of sp³-hybridized carbons (Fsp3) is 0.348. The van der Waals surface area contributed by atoms with Gasteiger partial charge in [0, 0.05) is 35.9 Å². The molecule has 2 aliphatic rings. The molecule has 2 fully saturated rings. The van der Waals surface area contributed by atoms with Crippen LogP contribution in [0.2, 0.25) is 0 Å². The molecule has 152 valence electrons. The minimum atomic E-state index is 0.502. The number of fused-ring (bicyclic) bond motifs is 1. The first-order chi connectivity index (χ1) is 14.7. The predicted molar refractivity (Wildman–Crippen MR) is 120 cm³/mol. The molecule has 0 amide bonds. The lowest BCUT2D eigenvalue weighted by Crippen LogP contribution is -2.34. The van der Waals surface area contributed by atoms with Crippen LogP contribution in [0, 0.1) is 17.2 Å². The van der Waals surface area contributed by atoms with Crippen LogP contribution in [0.25, 0.3) is 10.9 Å². The van der Waals surface area contributed by atoms with Gasteiger partial charge in [-0.2, -0.15) is 10.2 Å². The number of aromatic nitrogens is 2. The quantitative estimate of drug-likeness (QED) is 0.546. The van der Waals surface area contributed by atoms with E-state index in [2.05, 4.69) is 32.7 Å². The lowest BCUT2D eigenvalue weighted by Gasteiger charge is -2.21. The number of nitriles is 1. The molecule has 1 aliphatic carbocycles. The SMILES string of the molecule is N#Cc1cc(N)cc(Nc2nc(N3CC[C@H](NCC4CC4)C3)c3ccccc3n2)c1. The van der Waals surface area contributed by atoms with E-state index in [1.807, 2.05) is 18.2 Å². The van der Waals surface area contributed by atoms with E-state index in [1.54, 1.807) is 18.2 Å². The summed E-state index contributed by atoms with van der Waals surface area (Å²) in [6.07, 6.45) is 3.85. The summed E-state index contributed by atoms with van der Waals surface area (Å²) in [6.45, 7) is 3.05. The van der Waals surface area contributed by atoms with E-state index in [0.717, 1.165) is 48.7 Å². The Balaban J connectivity index is 1.43. The fourth-order valence-electron chi connectivity index (χ4n) is 4.05. The van der Waals surface area contributed by atoms with E-state index >= 15 is 0 Å². The van der Waals surface area contributed by atoms with Crippen LogP contribution >= 0.6 is 0 Å². The molecule has 0 radical (unpaired) electrons. The van der Waals surface area contributed by atoms with Gasteiger partial charge in [-0.05, 0) is 62.1 Å². The third-order valence-corrected chi connectivity index (χ3v) is 5.80. The molecule has 1 aromatic heterocycles. The predicted octanol–water partition coefficient (Wildman–Crippen LogP) is 3.41. The summed E-state index contributed by atoms with van der Waals surface area (Å²) < 4.78 is 0. The highest BCUT2D eigenvalue weighted by Gasteiger charge is 2.28. The lowest BCUT2D eigenvalue weighted by atomic mass is 10.2. The van der Waals surface area contributed by atoms with Gasteiger partial charge in [0.25, 0.3) is 0 Å². The van der Waals surface area contributed by atoms with Gasteiger partial charge in [0.2, 0.25) is 5.95 Å². The van der Waals surface area contributed by atoms with Crippen LogP contribution < -0.4 is 21.3 Å². The van der Waals surface area contributed by atoms with Crippen molar-refractivity contribution in [3.8, 4) is 6.07 Å². The number of nitrogen functional groups attached to an aromatic ring is 1. The summed E-state index contributed by atoms with van der Waals surface area (Å²) in [4.78, 5) is 11.9. The molecule has 1 saturated heterocycles. The Hall–Kier alpha value is -3.37. The molecule has 0 spiro atoms. The molecular formula is C23H25N7. The zero-order valence-corrected chi connectivity index (χ0v) is 16.8. The number of benzene rings is 2. The largest absolute Gasteiger partial charge is 0.399 e. The Morgan fingerprint density at radius 1 is 1.13 bits per heavy atom. The van der Waals surface area contributed by atoms with Gasteiger partial charge in [0.1, 0.15) is 5.82 Å². The Morgan fingerprint density at radius 3 is 2.83 bits per heavy atom. The van der Waals surface area contributed by atoms with Crippen molar-refractivity contribution in [2.75, 3.05) is 35.6 Å². The van der Waals surface area contributed by atoms with Gasteiger partial charge in [0.15, 0.2) is 0 Å². The van der Waals surface area contributed by atoms with Crippen molar-refractivity contribution in [2.24, 2.45) is 5.92 Å². The van der Waals surface area contributed by atoms with E-state index in [-0.39, 0.29) is 0 Å². The molecule has 0 bridgehead atoms. The molecule has 30 heavy (non-hydrogen) atoms. The molecule has 5 rings (SSSR count). The lowest BCUT2D eigenvalue weighted by molar-refractivity contribution is 0.530. The third kappa shape index (κ3) is 4.00. The molecular weight excluding hydrogens is 374 g/mol. The summed E-state index contributed by atoms with van der Waals surface area (Å²) in [7, 11) is 0. The second-order valence-corrected chi connectivity index (χ2v) is 8.25. The summed E-state index contributed by atoms with van der Waals surface area (Å²) in [5.41, 5.74) is 8.56. The number of nitrogens with zero attached hydrogens (tertiary/aromatic N) is 4. The molecule has 1 atom stereocenters. The summed E-state index contributed by atoms with van der Waals surface area (Å²) >= 11 is 0. The second-order valence-electron chi connectivity index (χ2n) is 8.25. The van der Waals surface area contributed by atoms with Crippen molar-refractivity contribution in [3.05, 3.63) is 48.0 Å². The summed E-state index contributed by atoms with van der Waals surface area (Å²) in [5, 5.41) is 17.2. The van der Waals surface area contributed by atoms with Gasteiger partial charge < -0.3 is 21.3 Å². The summed E-state index contributed by atoms with van der Waals surface area (Å²) in [6, 6.07) is 15.9. The van der Waals surface area contributed by atoms with Gasteiger partial charge in [-0.1, -0.05) is 12.1 Å². The maximum Gasteiger partial charge on any atom is 0.229 e. The first-order valence-corrected chi connectivity index (χ1v) is 10.5. The van der Waals surface area contributed by atoms with Crippen molar-refractivity contribution >= 4 is 34.0 Å². The van der Waals surface area contributed by atoms with Crippen LogP contribution in [0.4, 0.5) is 23.1 Å². The van der Waals surface area contributed by atoms with E-state index in [0.29, 0.717) is 28.9 Å². The first kappa shape index (κ1) is 18.6. The van der Waals surface area contributed by atoms with Gasteiger partial charge in [0.05, 0.1) is 17.1 Å². The van der Waals surface area contributed by atoms with Crippen molar-refractivity contribution in [1.82, 2.24) is 15.3 Å². The number of anilines is 4. The monoisotopic (exact) mass is 399 g/mol. The van der Waals surface area contributed by atoms with Gasteiger partial charge in [-0.3, -0.25) is 0 Å². The van der Waals surface area contributed by atoms with Crippen LogP contribution in [0.3, 0.4) is 0 Å². The highest BCUT2D eigenvalue weighted by Crippen LogP contribution is 2.31. The maximum absolute atomic E-state index is 9.21. The standard InChI is InChI=1S/C23H25N7/c24-12-16-9-17(25)11-19(10-16)27-23-28-21-4-2-1-3-20(21)22(29-23)30-8-7-18(14-30)26-13-15-5-6-15/h1-4,9-11,15,18,26H,5-8,13-14,25H2,(H,27,28,29)/t18-/m0/s1. The van der Waals surface area contributed by atoms with Crippen LogP contribution in [0.5, 0.6) is 0 Å². The average Bonchev–Trinajstić information content (AvgIpc) is 3.47. The molecule has 7 nitrogen and oxygen atoms in total. The molecule has 1 saturated carbocycles. The van der Waals surface area contributed by atoms with Crippen LogP contribution in [-0.4, -0.2) is 35.6 Å². The topological polar surface area (TPSA) is 103 Å². The minimum Gasteiger partial charge on any atom is -0.399 e. The molecule has 2 aromatic carbocycles. The zero-order chi connectivity index (χ0) is 20.5. The van der Waals surface area contributed by atoms with Crippen LogP contribution in [0.1, 0.15) is 24.8 Å². The average molecular weight is 400 g/mol. The fourth-order valence-corrected chi connectivity index (χ4v) is 4.05. The Bertz CT molecular complexity index is 1120. The molecule has 4 N–H and O–H groups in total. The van der Waals surface area contributed by atoms with Crippen molar-refractivity contribution in [3.63, 3.8) is 0 Å². The smallest absolute Gasteiger partial charge is 0.229 e. The molecule has 7 heteroatoms. The van der Waals surface area contributed by atoms with E-state index < -0.39 is 0 Å². The van der Waals surface area contributed by atoms with Crippen LogP contribution in [0.15, 0.2) is 42.5 Å². The summed E-state index contributed by atoms with van der Waals surface area (Å²) in [5.74, 6) is 2.34. The second kappa shape index (κ2) is 7.81. The normalized spacial score (nSPS) is 18.5. The van der Waals surface area contributed by atoms with Crippen LogP contribution in [-0.2, 0) is 0 Å². The van der Waals surface area contributed by atoms with E-state index in [9.17, 15) is 5.26 Å². The highest BCUT2D eigenvalue weighted by atomic mass is 15.3. The number of hydrogen-bond donors (Lipinski definition) is 3. The van der Waals surface area contributed by atoms with Crippen molar-refractivity contribution in [2.45, 2.75) is 25.3 Å². The number of para-hydroxylation sites is 1. The number of nitrogens with two attached hydrogens (primary N) is 1. The highest BCUT2D eigenvalue weighted by molar-refractivity contribution is 5.91. The molecule has 2 heterocycles. The Labute approximate surface area is 175 Å². The number of rotatable bonds is 6. The van der Waals surface area contributed by atoms with Crippen molar-refractivity contribution < 1.29 is 0 Å².